The van der Waals surface area contributed by atoms with Gasteiger partial charge in [0.1, 0.15) is 0 Å². The van der Waals surface area contributed by atoms with Gasteiger partial charge < -0.3 is 15.0 Å². The quantitative estimate of drug-likeness (QED) is 0.853. The van der Waals surface area contributed by atoms with E-state index in [9.17, 15) is 4.79 Å². The van der Waals surface area contributed by atoms with Crippen molar-refractivity contribution >= 4 is 6.09 Å². The second-order valence-corrected chi connectivity index (χ2v) is 8.35. The molecule has 1 N–H and O–H groups in total. The van der Waals surface area contributed by atoms with Gasteiger partial charge in [0.25, 0.3) is 0 Å². The van der Waals surface area contributed by atoms with Crippen LogP contribution in [0.15, 0.2) is 0 Å². The minimum Gasteiger partial charge on any atom is -0.450 e. The van der Waals surface area contributed by atoms with Crippen molar-refractivity contribution in [2.75, 3.05) is 6.61 Å². The zero-order chi connectivity index (χ0) is 16.4. The minimum absolute atomic E-state index is 0.0474. The first-order chi connectivity index (χ1) is 10.2. The maximum atomic E-state index is 12.6. The summed E-state index contributed by atoms with van der Waals surface area (Å²) in [6.07, 6.45) is 7.91. The van der Waals surface area contributed by atoms with Crippen molar-refractivity contribution in [2.45, 2.75) is 103 Å². The van der Waals surface area contributed by atoms with Crippen molar-refractivity contribution in [3.63, 3.8) is 0 Å². The molecule has 2 aliphatic rings. The van der Waals surface area contributed by atoms with Crippen LogP contribution < -0.4 is 5.32 Å². The largest absolute Gasteiger partial charge is 0.450 e. The summed E-state index contributed by atoms with van der Waals surface area (Å²) < 4.78 is 5.41. The molecule has 4 nitrogen and oxygen atoms in total. The molecule has 1 saturated carbocycles. The lowest BCUT2D eigenvalue weighted by Crippen LogP contribution is -2.64. The highest BCUT2D eigenvalue weighted by molar-refractivity contribution is 5.68. The molecule has 22 heavy (non-hydrogen) atoms. The third kappa shape index (κ3) is 4.37. The van der Waals surface area contributed by atoms with Crippen molar-refractivity contribution in [2.24, 2.45) is 0 Å². The fourth-order valence-corrected chi connectivity index (χ4v) is 4.62. The van der Waals surface area contributed by atoms with Crippen LogP contribution in [0.5, 0.6) is 0 Å². The van der Waals surface area contributed by atoms with E-state index in [-0.39, 0.29) is 23.2 Å². The van der Waals surface area contributed by atoms with Gasteiger partial charge in [-0.2, -0.15) is 0 Å². The first kappa shape index (κ1) is 17.6. The summed E-state index contributed by atoms with van der Waals surface area (Å²) in [5, 5.41) is 3.71. The smallest absolute Gasteiger partial charge is 0.410 e. The van der Waals surface area contributed by atoms with Gasteiger partial charge in [-0.1, -0.05) is 19.3 Å². The van der Waals surface area contributed by atoms with Crippen LogP contribution in [-0.2, 0) is 4.74 Å². The van der Waals surface area contributed by atoms with Crippen LogP contribution in [0.2, 0.25) is 0 Å². The van der Waals surface area contributed by atoms with Gasteiger partial charge in [0.15, 0.2) is 0 Å². The SMILES string of the molecule is CCOC(=O)N(C1CCCCC1)C1CC(C)(C)NC(C)(C)C1. The number of hydrogen-bond acceptors (Lipinski definition) is 3. The molecular weight excluding hydrogens is 276 g/mol. The molecule has 1 heterocycles. The molecule has 1 saturated heterocycles. The molecule has 0 aromatic carbocycles. The summed E-state index contributed by atoms with van der Waals surface area (Å²) in [6.45, 7) is 11.3. The van der Waals surface area contributed by atoms with E-state index in [1.807, 2.05) is 6.92 Å². The number of nitrogens with zero attached hydrogens (tertiary/aromatic N) is 1. The van der Waals surface area contributed by atoms with Crippen LogP contribution in [0.4, 0.5) is 4.79 Å². The van der Waals surface area contributed by atoms with E-state index >= 15 is 0 Å². The van der Waals surface area contributed by atoms with Gasteiger partial charge >= 0.3 is 6.09 Å². The van der Waals surface area contributed by atoms with E-state index < -0.39 is 0 Å². The first-order valence-electron chi connectivity index (χ1n) is 8.98. The van der Waals surface area contributed by atoms with Crippen LogP contribution >= 0.6 is 0 Å². The maximum absolute atomic E-state index is 12.6. The second kappa shape index (κ2) is 6.77. The predicted octanol–water partition coefficient (Wildman–Crippen LogP) is 4.09. The Balaban J connectivity index is 2.21. The van der Waals surface area contributed by atoms with Crippen LogP contribution in [0, 0.1) is 0 Å². The average Bonchev–Trinajstić information content (AvgIpc) is 2.36. The summed E-state index contributed by atoms with van der Waals surface area (Å²) in [7, 11) is 0. The predicted molar refractivity (Wildman–Crippen MR) is 90.0 cm³/mol. The fourth-order valence-electron chi connectivity index (χ4n) is 4.62. The molecule has 0 aromatic heterocycles. The van der Waals surface area contributed by atoms with Crippen LogP contribution in [0.1, 0.15) is 79.6 Å². The molecule has 1 aliphatic heterocycles. The summed E-state index contributed by atoms with van der Waals surface area (Å²) in [6, 6.07) is 0.635. The molecule has 0 atom stereocenters. The first-order valence-corrected chi connectivity index (χ1v) is 8.98. The Morgan fingerprint density at radius 3 is 2.09 bits per heavy atom. The van der Waals surface area contributed by atoms with E-state index in [1.54, 1.807) is 0 Å². The average molecular weight is 310 g/mol. The lowest BCUT2D eigenvalue weighted by molar-refractivity contribution is 0.0187. The molecule has 128 valence electrons. The minimum atomic E-state index is -0.104. The number of carbonyl (C=O) groups is 1. The van der Waals surface area contributed by atoms with Gasteiger partial charge in [0.2, 0.25) is 0 Å². The molecule has 0 aromatic rings. The van der Waals surface area contributed by atoms with Crippen molar-refractivity contribution in [1.82, 2.24) is 10.2 Å². The standard InChI is InChI=1S/C18H34N2O2/c1-6-22-16(21)20(14-10-8-7-9-11-14)15-12-17(2,3)19-18(4,5)13-15/h14-15,19H,6-13H2,1-5H3. The number of amides is 1. The third-order valence-electron chi connectivity index (χ3n) is 5.01. The van der Waals surface area contributed by atoms with Gasteiger partial charge in [-0.25, -0.2) is 4.79 Å². The summed E-state index contributed by atoms with van der Waals surface area (Å²) in [5.74, 6) is 0. The molecular formula is C18H34N2O2. The highest BCUT2D eigenvalue weighted by Crippen LogP contribution is 2.35. The van der Waals surface area contributed by atoms with Gasteiger partial charge in [-0.3, -0.25) is 0 Å². The van der Waals surface area contributed by atoms with Crippen molar-refractivity contribution in [3.05, 3.63) is 0 Å². The van der Waals surface area contributed by atoms with Crippen LogP contribution in [0.25, 0.3) is 0 Å². The molecule has 4 heteroatoms. The fraction of sp³-hybridized carbons (Fsp3) is 0.944. The van der Waals surface area contributed by atoms with E-state index in [0.29, 0.717) is 12.6 Å². The van der Waals surface area contributed by atoms with Gasteiger partial charge in [-0.05, 0) is 60.3 Å². The lowest BCUT2D eigenvalue weighted by atomic mass is 9.78. The number of carbonyl (C=O) groups excluding carboxylic acids is 1. The molecule has 2 fully saturated rings. The maximum Gasteiger partial charge on any atom is 0.410 e. The second-order valence-electron chi connectivity index (χ2n) is 8.35. The molecule has 1 aliphatic carbocycles. The highest BCUT2D eigenvalue weighted by atomic mass is 16.6. The van der Waals surface area contributed by atoms with Gasteiger partial charge in [0, 0.05) is 23.2 Å². The lowest BCUT2D eigenvalue weighted by Gasteiger charge is -2.51. The van der Waals surface area contributed by atoms with Crippen molar-refractivity contribution in [3.8, 4) is 0 Å². The van der Waals surface area contributed by atoms with Crippen LogP contribution in [-0.4, -0.2) is 40.8 Å². The normalized spacial score (nSPS) is 25.7. The zero-order valence-corrected chi connectivity index (χ0v) is 15.1. The zero-order valence-electron chi connectivity index (χ0n) is 15.1. The molecule has 1 amide bonds. The Labute approximate surface area is 136 Å². The Kier molecular flexibility index (Phi) is 5.41. The molecule has 2 rings (SSSR count). The summed E-state index contributed by atoms with van der Waals surface area (Å²) in [5.41, 5.74) is 0.0949. The van der Waals surface area contributed by atoms with E-state index in [1.165, 1.54) is 19.3 Å². The topological polar surface area (TPSA) is 41.6 Å². The number of nitrogens with one attached hydrogen (secondary N) is 1. The van der Waals surface area contributed by atoms with Gasteiger partial charge in [0.05, 0.1) is 6.61 Å². The van der Waals surface area contributed by atoms with E-state index in [4.69, 9.17) is 4.74 Å². The molecule has 0 unspecified atom stereocenters. The summed E-state index contributed by atoms with van der Waals surface area (Å²) >= 11 is 0. The third-order valence-corrected chi connectivity index (χ3v) is 5.01. The monoisotopic (exact) mass is 310 g/mol. The molecule has 0 radical (unpaired) electrons. The van der Waals surface area contributed by atoms with Crippen molar-refractivity contribution < 1.29 is 9.53 Å². The number of ether oxygens (including phenoxy) is 1. The van der Waals surface area contributed by atoms with Crippen molar-refractivity contribution in [1.29, 1.82) is 0 Å². The number of hydrogen-bond donors (Lipinski definition) is 1. The Hall–Kier alpha value is -0.770. The van der Waals surface area contributed by atoms with Gasteiger partial charge in [-0.15, -0.1) is 0 Å². The molecule has 0 bridgehead atoms. The number of rotatable bonds is 3. The molecule has 0 spiro atoms. The Morgan fingerprint density at radius 1 is 1.05 bits per heavy atom. The Bertz CT molecular complexity index is 371. The highest BCUT2D eigenvalue weighted by Gasteiger charge is 2.43. The summed E-state index contributed by atoms with van der Waals surface area (Å²) in [4.78, 5) is 14.8. The van der Waals surface area contributed by atoms with Crippen LogP contribution in [0.3, 0.4) is 0 Å². The number of piperidine rings is 1. The van der Waals surface area contributed by atoms with E-state index in [2.05, 4.69) is 37.9 Å². The van der Waals surface area contributed by atoms with E-state index in [0.717, 1.165) is 25.7 Å². The Morgan fingerprint density at radius 2 is 1.59 bits per heavy atom.